The fraction of sp³-hybridized carbons (Fsp3) is 0.200. The highest BCUT2D eigenvalue weighted by molar-refractivity contribution is 9.10. The molecule has 0 atom stereocenters. The first-order valence-corrected chi connectivity index (χ1v) is 6.87. The molecule has 0 saturated carbocycles. The Balaban J connectivity index is 1.69. The van der Waals surface area contributed by atoms with E-state index < -0.39 is 0 Å². The van der Waals surface area contributed by atoms with E-state index in [0.717, 1.165) is 15.8 Å². The summed E-state index contributed by atoms with van der Waals surface area (Å²) in [7, 11) is 0. The molecule has 0 heterocycles. The van der Waals surface area contributed by atoms with Gasteiger partial charge < -0.3 is 10.1 Å². The molecule has 2 aromatic carbocycles. The van der Waals surface area contributed by atoms with Crippen molar-refractivity contribution in [1.82, 2.24) is 5.32 Å². The van der Waals surface area contributed by atoms with Gasteiger partial charge in [0, 0.05) is 17.6 Å². The number of hydrogen-bond donors (Lipinski definition) is 1. The molecule has 19 heavy (non-hydrogen) atoms. The van der Waals surface area contributed by atoms with Crippen molar-refractivity contribution in [3.63, 3.8) is 0 Å². The Morgan fingerprint density at radius 2 is 1.89 bits per heavy atom. The maximum atomic E-state index is 13.1. The molecule has 0 radical (unpaired) electrons. The fourth-order valence-corrected chi connectivity index (χ4v) is 2.22. The molecule has 0 spiro atoms. The van der Waals surface area contributed by atoms with Crippen LogP contribution in [0.3, 0.4) is 0 Å². The molecule has 0 fully saturated rings. The normalized spacial score (nSPS) is 10.4. The Labute approximate surface area is 120 Å². The molecule has 0 aliphatic carbocycles. The van der Waals surface area contributed by atoms with Gasteiger partial charge in [-0.15, -0.1) is 0 Å². The quantitative estimate of drug-likeness (QED) is 0.817. The van der Waals surface area contributed by atoms with E-state index in [1.165, 1.54) is 12.1 Å². The molecule has 2 rings (SSSR count). The van der Waals surface area contributed by atoms with E-state index in [9.17, 15) is 4.39 Å². The largest absolute Gasteiger partial charge is 0.492 e. The van der Waals surface area contributed by atoms with Crippen LogP contribution in [-0.4, -0.2) is 13.2 Å². The lowest BCUT2D eigenvalue weighted by Gasteiger charge is -2.08. The summed E-state index contributed by atoms with van der Waals surface area (Å²) in [6.45, 7) is 1.91. The monoisotopic (exact) mass is 323 g/mol. The van der Waals surface area contributed by atoms with Gasteiger partial charge in [0.05, 0.1) is 0 Å². The van der Waals surface area contributed by atoms with Gasteiger partial charge >= 0.3 is 0 Å². The number of halogens is 2. The van der Waals surface area contributed by atoms with E-state index in [0.29, 0.717) is 19.7 Å². The molecule has 4 heteroatoms. The molecule has 100 valence electrons. The third-order valence-electron chi connectivity index (χ3n) is 2.54. The van der Waals surface area contributed by atoms with Crippen molar-refractivity contribution in [2.24, 2.45) is 0 Å². The summed E-state index contributed by atoms with van der Waals surface area (Å²) in [6.07, 6.45) is 0. The maximum Gasteiger partial charge on any atom is 0.124 e. The fourth-order valence-electron chi connectivity index (χ4n) is 1.70. The number of para-hydroxylation sites is 1. The topological polar surface area (TPSA) is 21.3 Å². The first kappa shape index (κ1) is 14.0. The van der Waals surface area contributed by atoms with Gasteiger partial charge in [-0.2, -0.15) is 0 Å². The maximum absolute atomic E-state index is 13.1. The SMILES string of the molecule is Fc1cc(Br)cc(CNCCOc2ccccc2)c1. The smallest absolute Gasteiger partial charge is 0.124 e. The van der Waals surface area contributed by atoms with Crippen LogP contribution >= 0.6 is 15.9 Å². The van der Waals surface area contributed by atoms with Crippen LogP contribution in [0.4, 0.5) is 4.39 Å². The molecule has 0 aromatic heterocycles. The van der Waals surface area contributed by atoms with Gasteiger partial charge in [0.15, 0.2) is 0 Å². The van der Waals surface area contributed by atoms with Crippen LogP contribution in [0, 0.1) is 5.82 Å². The van der Waals surface area contributed by atoms with Crippen LogP contribution in [0.2, 0.25) is 0 Å². The highest BCUT2D eigenvalue weighted by Crippen LogP contribution is 2.14. The summed E-state index contributed by atoms with van der Waals surface area (Å²) in [5.41, 5.74) is 0.909. The molecule has 0 bridgehead atoms. The molecule has 0 aliphatic rings. The lowest BCUT2D eigenvalue weighted by atomic mass is 10.2. The van der Waals surface area contributed by atoms with Crippen LogP contribution in [0.15, 0.2) is 53.0 Å². The zero-order chi connectivity index (χ0) is 13.5. The molecule has 0 saturated heterocycles. The van der Waals surface area contributed by atoms with Gasteiger partial charge in [-0.25, -0.2) is 4.39 Å². The molecular formula is C15H15BrFNO. The standard InChI is InChI=1S/C15H15BrFNO/c16-13-8-12(9-14(17)10-13)11-18-6-7-19-15-4-2-1-3-5-15/h1-5,8-10,18H,6-7,11H2. The lowest BCUT2D eigenvalue weighted by molar-refractivity contribution is 0.313. The number of hydrogen-bond acceptors (Lipinski definition) is 2. The van der Waals surface area contributed by atoms with Gasteiger partial charge in [-0.3, -0.25) is 0 Å². The summed E-state index contributed by atoms with van der Waals surface area (Å²) >= 11 is 3.27. The molecule has 2 aromatic rings. The summed E-state index contributed by atoms with van der Waals surface area (Å²) < 4.78 is 19.4. The highest BCUT2D eigenvalue weighted by atomic mass is 79.9. The van der Waals surface area contributed by atoms with Crippen LogP contribution in [-0.2, 0) is 6.54 Å². The minimum atomic E-state index is -0.230. The minimum absolute atomic E-state index is 0.230. The van der Waals surface area contributed by atoms with Crippen molar-refractivity contribution in [3.8, 4) is 5.75 Å². The van der Waals surface area contributed by atoms with Crippen LogP contribution in [0.25, 0.3) is 0 Å². The number of ether oxygens (including phenoxy) is 1. The van der Waals surface area contributed by atoms with E-state index in [1.807, 2.05) is 36.4 Å². The van der Waals surface area contributed by atoms with Crippen molar-refractivity contribution in [2.75, 3.05) is 13.2 Å². The highest BCUT2D eigenvalue weighted by Gasteiger charge is 1.99. The van der Waals surface area contributed by atoms with Crippen LogP contribution in [0.1, 0.15) is 5.56 Å². The molecule has 0 unspecified atom stereocenters. The Bertz CT molecular complexity index is 499. The Hall–Kier alpha value is -1.39. The number of benzene rings is 2. The van der Waals surface area contributed by atoms with E-state index in [1.54, 1.807) is 0 Å². The average Bonchev–Trinajstić information content (AvgIpc) is 2.38. The second kappa shape index (κ2) is 7.26. The van der Waals surface area contributed by atoms with Gasteiger partial charge in [0.1, 0.15) is 18.2 Å². The minimum Gasteiger partial charge on any atom is -0.492 e. The van der Waals surface area contributed by atoms with E-state index in [-0.39, 0.29) is 5.82 Å². The first-order valence-electron chi connectivity index (χ1n) is 6.07. The summed E-state index contributed by atoms with van der Waals surface area (Å²) in [4.78, 5) is 0. The molecule has 0 amide bonds. The Morgan fingerprint density at radius 1 is 1.11 bits per heavy atom. The van der Waals surface area contributed by atoms with Crippen molar-refractivity contribution in [2.45, 2.75) is 6.54 Å². The van der Waals surface area contributed by atoms with Crippen molar-refractivity contribution in [3.05, 3.63) is 64.4 Å². The van der Waals surface area contributed by atoms with Gasteiger partial charge in [0.25, 0.3) is 0 Å². The second-order valence-corrected chi connectivity index (χ2v) is 5.03. The lowest BCUT2D eigenvalue weighted by Crippen LogP contribution is -2.20. The van der Waals surface area contributed by atoms with Crippen molar-refractivity contribution in [1.29, 1.82) is 0 Å². The van der Waals surface area contributed by atoms with Gasteiger partial charge in [-0.1, -0.05) is 34.1 Å². The molecule has 0 aliphatic heterocycles. The predicted molar refractivity (Wildman–Crippen MR) is 77.7 cm³/mol. The summed E-state index contributed by atoms with van der Waals surface area (Å²) in [5, 5.41) is 3.21. The third kappa shape index (κ3) is 5.01. The number of nitrogens with one attached hydrogen (secondary N) is 1. The Kier molecular flexibility index (Phi) is 5.36. The molecule has 2 nitrogen and oxygen atoms in total. The average molecular weight is 324 g/mol. The zero-order valence-electron chi connectivity index (χ0n) is 10.4. The van der Waals surface area contributed by atoms with Crippen molar-refractivity contribution >= 4 is 15.9 Å². The molecule has 1 N–H and O–H groups in total. The van der Waals surface area contributed by atoms with E-state index in [2.05, 4.69) is 21.2 Å². The van der Waals surface area contributed by atoms with Crippen molar-refractivity contribution < 1.29 is 9.13 Å². The van der Waals surface area contributed by atoms with Crippen LogP contribution < -0.4 is 10.1 Å². The van der Waals surface area contributed by atoms with E-state index >= 15 is 0 Å². The Morgan fingerprint density at radius 3 is 2.63 bits per heavy atom. The first-order chi connectivity index (χ1) is 9.24. The van der Waals surface area contributed by atoms with Gasteiger partial charge in [-0.05, 0) is 35.9 Å². The second-order valence-electron chi connectivity index (χ2n) is 4.12. The number of rotatable bonds is 6. The summed E-state index contributed by atoms with van der Waals surface area (Å²) in [5.74, 6) is 0.629. The van der Waals surface area contributed by atoms with Gasteiger partial charge in [0.2, 0.25) is 0 Å². The zero-order valence-corrected chi connectivity index (χ0v) is 12.0. The third-order valence-corrected chi connectivity index (χ3v) is 3.00. The van der Waals surface area contributed by atoms with Crippen LogP contribution in [0.5, 0.6) is 5.75 Å². The molecular weight excluding hydrogens is 309 g/mol. The van der Waals surface area contributed by atoms with E-state index in [4.69, 9.17) is 4.74 Å². The summed E-state index contributed by atoms with van der Waals surface area (Å²) in [6, 6.07) is 14.5. The predicted octanol–water partition coefficient (Wildman–Crippen LogP) is 3.76.